The van der Waals surface area contributed by atoms with Crippen molar-refractivity contribution in [3.8, 4) is 17.1 Å². The molecular formula is C23H26N4O2. The lowest BCUT2D eigenvalue weighted by molar-refractivity contribution is -0.00406. The zero-order chi connectivity index (χ0) is 19.9. The zero-order valence-corrected chi connectivity index (χ0v) is 16.7. The molecule has 29 heavy (non-hydrogen) atoms. The molecule has 150 valence electrons. The van der Waals surface area contributed by atoms with E-state index in [0.29, 0.717) is 18.5 Å². The van der Waals surface area contributed by atoms with Crippen LogP contribution in [-0.2, 0) is 17.9 Å². The van der Waals surface area contributed by atoms with Crippen molar-refractivity contribution >= 4 is 0 Å². The van der Waals surface area contributed by atoms with Gasteiger partial charge in [0.15, 0.2) is 5.82 Å². The predicted octanol–water partition coefficient (Wildman–Crippen LogP) is 3.73. The smallest absolute Gasteiger partial charge is 0.162 e. The van der Waals surface area contributed by atoms with Crippen molar-refractivity contribution in [2.75, 3.05) is 20.2 Å². The van der Waals surface area contributed by atoms with Gasteiger partial charge in [0.2, 0.25) is 0 Å². The highest BCUT2D eigenvalue weighted by molar-refractivity contribution is 5.63. The molecule has 1 aliphatic rings. The first kappa shape index (κ1) is 19.5. The summed E-state index contributed by atoms with van der Waals surface area (Å²) in [6, 6.07) is 11.8. The minimum atomic E-state index is 0.315. The van der Waals surface area contributed by atoms with Crippen molar-refractivity contribution in [2.45, 2.75) is 32.1 Å². The van der Waals surface area contributed by atoms with Crippen LogP contribution in [0.15, 0.2) is 61.2 Å². The van der Waals surface area contributed by atoms with Crippen LogP contribution >= 0.6 is 0 Å². The number of rotatable bonds is 7. The monoisotopic (exact) mass is 390 g/mol. The van der Waals surface area contributed by atoms with Crippen LogP contribution in [0.2, 0.25) is 0 Å². The average molecular weight is 390 g/mol. The fourth-order valence-corrected chi connectivity index (χ4v) is 3.59. The van der Waals surface area contributed by atoms with Crippen LogP contribution in [0.25, 0.3) is 11.4 Å². The maximum atomic E-state index is 6.05. The normalized spacial score (nSPS) is 15.3. The lowest BCUT2D eigenvalue weighted by atomic mass is 10.1. The van der Waals surface area contributed by atoms with Gasteiger partial charge in [-0.3, -0.25) is 9.88 Å². The van der Waals surface area contributed by atoms with Gasteiger partial charge in [0, 0.05) is 50.0 Å². The maximum absolute atomic E-state index is 6.05. The topological polar surface area (TPSA) is 60.4 Å². The van der Waals surface area contributed by atoms with Crippen molar-refractivity contribution < 1.29 is 9.47 Å². The number of benzene rings is 1. The molecular weight excluding hydrogens is 364 g/mol. The van der Waals surface area contributed by atoms with Gasteiger partial charge in [0.05, 0.1) is 25.4 Å². The second-order valence-electron chi connectivity index (χ2n) is 7.26. The number of para-hydroxylation sites is 1. The van der Waals surface area contributed by atoms with Crippen molar-refractivity contribution in [1.82, 2.24) is 19.9 Å². The van der Waals surface area contributed by atoms with E-state index in [9.17, 15) is 0 Å². The summed E-state index contributed by atoms with van der Waals surface area (Å²) in [6.45, 7) is 3.54. The van der Waals surface area contributed by atoms with E-state index >= 15 is 0 Å². The first-order valence-corrected chi connectivity index (χ1v) is 9.99. The van der Waals surface area contributed by atoms with Crippen LogP contribution < -0.4 is 4.74 Å². The van der Waals surface area contributed by atoms with E-state index in [0.717, 1.165) is 54.9 Å². The summed E-state index contributed by atoms with van der Waals surface area (Å²) in [7, 11) is 1.66. The minimum Gasteiger partial charge on any atom is -0.496 e. The highest BCUT2D eigenvalue weighted by Crippen LogP contribution is 2.26. The van der Waals surface area contributed by atoms with Crippen LogP contribution in [0.5, 0.6) is 5.75 Å². The fraction of sp³-hybridized carbons (Fsp3) is 0.348. The van der Waals surface area contributed by atoms with Crippen LogP contribution in [0.1, 0.15) is 24.0 Å². The van der Waals surface area contributed by atoms with Gasteiger partial charge in [0.25, 0.3) is 0 Å². The Hall–Kier alpha value is -2.83. The molecule has 6 nitrogen and oxygen atoms in total. The molecule has 1 saturated heterocycles. The Morgan fingerprint density at radius 3 is 2.48 bits per heavy atom. The number of nitrogens with zero attached hydrogens (tertiary/aromatic N) is 4. The van der Waals surface area contributed by atoms with Crippen molar-refractivity contribution in [3.63, 3.8) is 0 Å². The Morgan fingerprint density at radius 1 is 0.966 bits per heavy atom. The van der Waals surface area contributed by atoms with Crippen LogP contribution in [0.4, 0.5) is 0 Å². The summed E-state index contributed by atoms with van der Waals surface area (Å²) in [6.07, 6.45) is 9.88. The summed E-state index contributed by atoms with van der Waals surface area (Å²) in [4.78, 5) is 15.7. The molecule has 0 atom stereocenters. The van der Waals surface area contributed by atoms with Gasteiger partial charge in [-0.25, -0.2) is 9.97 Å². The fourth-order valence-electron chi connectivity index (χ4n) is 3.59. The molecule has 2 aromatic heterocycles. The van der Waals surface area contributed by atoms with Gasteiger partial charge >= 0.3 is 0 Å². The molecule has 1 aromatic carbocycles. The molecule has 0 aliphatic carbocycles. The Labute approximate surface area is 171 Å². The van der Waals surface area contributed by atoms with E-state index in [1.165, 1.54) is 0 Å². The molecule has 4 rings (SSSR count). The summed E-state index contributed by atoms with van der Waals surface area (Å²) < 4.78 is 11.5. The molecule has 0 radical (unpaired) electrons. The Kier molecular flexibility index (Phi) is 6.44. The number of ether oxygens (including phenoxy) is 2. The zero-order valence-electron chi connectivity index (χ0n) is 16.7. The standard InChI is InChI=1S/C23H26N4O2/c1-28-22-7-3-2-6-21(22)23-25-14-19(15-26-23)16-27-11-8-20(9-12-27)29-17-18-5-4-10-24-13-18/h2-7,10,13-15,20H,8-9,11-12,16-17H2,1H3. The third kappa shape index (κ3) is 5.16. The van der Waals surface area contributed by atoms with Crippen molar-refractivity contribution in [3.05, 3.63) is 72.3 Å². The molecule has 1 aliphatic heterocycles. The molecule has 0 saturated carbocycles. The molecule has 0 N–H and O–H groups in total. The summed E-state index contributed by atoms with van der Waals surface area (Å²) in [5.41, 5.74) is 3.16. The third-order valence-electron chi connectivity index (χ3n) is 5.20. The molecule has 0 unspecified atom stereocenters. The SMILES string of the molecule is COc1ccccc1-c1ncc(CN2CCC(OCc3cccnc3)CC2)cn1. The largest absolute Gasteiger partial charge is 0.496 e. The van der Waals surface area contributed by atoms with E-state index in [1.54, 1.807) is 13.3 Å². The van der Waals surface area contributed by atoms with Crippen LogP contribution in [0, 0.1) is 0 Å². The summed E-state index contributed by atoms with van der Waals surface area (Å²) in [5, 5.41) is 0. The molecule has 6 heteroatoms. The minimum absolute atomic E-state index is 0.315. The number of hydrogen-bond acceptors (Lipinski definition) is 6. The summed E-state index contributed by atoms with van der Waals surface area (Å²) >= 11 is 0. The van der Waals surface area contributed by atoms with E-state index in [-0.39, 0.29) is 0 Å². The first-order valence-electron chi connectivity index (χ1n) is 9.99. The lowest BCUT2D eigenvalue weighted by Crippen LogP contribution is -2.36. The number of methoxy groups -OCH3 is 1. The van der Waals surface area contributed by atoms with Gasteiger partial charge in [-0.05, 0) is 36.6 Å². The predicted molar refractivity (Wildman–Crippen MR) is 111 cm³/mol. The average Bonchev–Trinajstić information content (AvgIpc) is 2.80. The molecule has 3 aromatic rings. The summed E-state index contributed by atoms with van der Waals surface area (Å²) in [5.74, 6) is 1.47. The van der Waals surface area contributed by atoms with Gasteiger partial charge in [-0.1, -0.05) is 18.2 Å². The molecule has 1 fully saturated rings. The quantitative estimate of drug-likeness (QED) is 0.613. The highest BCUT2D eigenvalue weighted by Gasteiger charge is 2.20. The van der Waals surface area contributed by atoms with Gasteiger partial charge in [-0.15, -0.1) is 0 Å². The van der Waals surface area contributed by atoms with E-state index in [1.807, 2.05) is 48.9 Å². The lowest BCUT2D eigenvalue weighted by Gasteiger charge is -2.31. The second-order valence-corrected chi connectivity index (χ2v) is 7.26. The maximum Gasteiger partial charge on any atom is 0.162 e. The Bertz CT molecular complexity index is 894. The second kappa shape index (κ2) is 9.58. The number of aromatic nitrogens is 3. The molecule has 0 spiro atoms. The highest BCUT2D eigenvalue weighted by atomic mass is 16.5. The van der Waals surface area contributed by atoms with Gasteiger partial charge in [-0.2, -0.15) is 0 Å². The number of hydrogen-bond donors (Lipinski definition) is 0. The van der Waals surface area contributed by atoms with E-state index in [4.69, 9.17) is 9.47 Å². The number of piperidine rings is 1. The molecule has 0 amide bonds. The van der Waals surface area contributed by atoms with E-state index in [2.05, 4.69) is 25.9 Å². The molecule has 0 bridgehead atoms. The van der Waals surface area contributed by atoms with Crippen LogP contribution in [0.3, 0.4) is 0 Å². The van der Waals surface area contributed by atoms with Crippen LogP contribution in [-0.4, -0.2) is 46.2 Å². The Morgan fingerprint density at radius 2 is 1.76 bits per heavy atom. The van der Waals surface area contributed by atoms with Gasteiger partial charge < -0.3 is 9.47 Å². The third-order valence-corrected chi connectivity index (χ3v) is 5.20. The Balaban J connectivity index is 1.27. The number of pyridine rings is 1. The first-order chi connectivity index (χ1) is 14.3. The molecule has 3 heterocycles. The number of likely N-dealkylation sites (tertiary alicyclic amines) is 1. The van der Waals surface area contributed by atoms with Crippen molar-refractivity contribution in [2.24, 2.45) is 0 Å². The van der Waals surface area contributed by atoms with E-state index < -0.39 is 0 Å². The van der Waals surface area contributed by atoms with Gasteiger partial charge in [0.1, 0.15) is 5.75 Å². The van der Waals surface area contributed by atoms with Crippen molar-refractivity contribution in [1.29, 1.82) is 0 Å².